The summed E-state index contributed by atoms with van der Waals surface area (Å²) in [5.41, 5.74) is -0.672. The van der Waals surface area contributed by atoms with Gasteiger partial charge in [0.25, 0.3) is 0 Å². The van der Waals surface area contributed by atoms with Gasteiger partial charge in [-0.05, 0) is 35.0 Å². The zero-order valence-corrected chi connectivity index (χ0v) is 10.4. The number of ether oxygens (including phenoxy) is 1. The van der Waals surface area contributed by atoms with Crippen molar-refractivity contribution in [2.75, 3.05) is 6.61 Å². The lowest BCUT2D eigenvalue weighted by Gasteiger charge is -2.34. The van der Waals surface area contributed by atoms with Crippen molar-refractivity contribution in [3.05, 3.63) is 20.8 Å². The number of thiophene rings is 1. The smallest absolute Gasteiger partial charge is 0.103 e. The number of hydrogen-bond donors (Lipinski definition) is 1. The molecule has 2 heterocycles. The van der Waals surface area contributed by atoms with Crippen LogP contribution in [0.2, 0.25) is 0 Å². The van der Waals surface area contributed by atoms with Crippen molar-refractivity contribution in [3.8, 4) is 0 Å². The highest BCUT2D eigenvalue weighted by Crippen LogP contribution is 2.39. The highest BCUT2D eigenvalue weighted by Gasteiger charge is 2.36. The van der Waals surface area contributed by atoms with Gasteiger partial charge < -0.3 is 9.84 Å². The molecular formula is C10H13BrO2S. The highest BCUT2D eigenvalue weighted by atomic mass is 79.9. The van der Waals surface area contributed by atoms with Crippen molar-refractivity contribution in [1.29, 1.82) is 0 Å². The normalized spacial score (nSPS) is 33.2. The fourth-order valence-corrected chi connectivity index (χ4v) is 3.37. The second-order valence-electron chi connectivity index (χ2n) is 3.77. The van der Waals surface area contributed by atoms with Crippen molar-refractivity contribution in [3.63, 3.8) is 0 Å². The van der Waals surface area contributed by atoms with Crippen LogP contribution in [0.4, 0.5) is 0 Å². The molecule has 1 aliphatic heterocycles. The molecule has 2 rings (SSSR count). The quantitative estimate of drug-likeness (QED) is 0.855. The molecule has 2 atom stereocenters. The standard InChI is InChI=1S/C10H13BrO2S/c1-7-6-10(12,4-5-13-7)8-2-3-9(11)14-8/h2-3,7,12H,4-6H2,1H3. The van der Waals surface area contributed by atoms with Crippen LogP contribution >= 0.6 is 27.3 Å². The first-order valence-corrected chi connectivity index (χ1v) is 6.31. The molecule has 4 heteroatoms. The Balaban J connectivity index is 2.22. The van der Waals surface area contributed by atoms with Crippen LogP contribution in [0.5, 0.6) is 0 Å². The number of aliphatic hydroxyl groups is 1. The summed E-state index contributed by atoms with van der Waals surface area (Å²) in [6, 6.07) is 3.98. The van der Waals surface area contributed by atoms with Gasteiger partial charge in [0.15, 0.2) is 0 Å². The zero-order valence-electron chi connectivity index (χ0n) is 8.00. The predicted molar refractivity (Wildman–Crippen MR) is 60.6 cm³/mol. The third-order valence-electron chi connectivity index (χ3n) is 2.58. The maximum Gasteiger partial charge on any atom is 0.103 e. The van der Waals surface area contributed by atoms with Crippen molar-refractivity contribution in [2.45, 2.75) is 31.5 Å². The van der Waals surface area contributed by atoms with Crippen LogP contribution in [-0.4, -0.2) is 17.8 Å². The van der Waals surface area contributed by atoms with Gasteiger partial charge in [0.05, 0.1) is 16.5 Å². The van der Waals surface area contributed by atoms with Crippen molar-refractivity contribution in [1.82, 2.24) is 0 Å². The molecule has 0 aliphatic carbocycles. The summed E-state index contributed by atoms with van der Waals surface area (Å²) in [6.45, 7) is 2.65. The average Bonchev–Trinajstić information content (AvgIpc) is 2.52. The average molecular weight is 277 g/mol. The molecule has 1 aromatic rings. The molecule has 14 heavy (non-hydrogen) atoms. The molecule has 2 unspecified atom stereocenters. The Bertz CT molecular complexity index is 326. The van der Waals surface area contributed by atoms with E-state index in [1.807, 2.05) is 19.1 Å². The largest absolute Gasteiger partial charge is 0.384 e. The monoisotopic (exact) mass is 276 g/mol. The second kappa shape index (κ2) is 3.93. The van der Waals surface area contributed by atoms with Crippen molar-refractivity contribution in [2.24, 2.45) is 0 Å². The molecule has 0 aromatic carbocycles. The Morgan fingerprint density at radius 3 is 3.00 bits per heavy atom. The van der Waals surface area contributed by atoms with Gasteiger partial charge in [0.2, 0.25) is 0 Å². The van der Waals surface area contributed by atoms with Gasteiger partial charge in [-0.25, -0.2) is 0 Å². The van der Waals surface area contributed by atoms with Gasteiger partial charge in [-0.3, -0.25) is 0 Å². The highest BCUT2D eigenvalue weighted by molar-refractivity contribution is 9.11. The molecule has 0 saturated carbocycles. The topological polar surface area (TPSA) is 29.5 Å². The van der Waals surface area contributed by atoms with E-state index in [9.17, 15) is 5.11 Å². The summed E-state index contributed by atoms with van der Waals surface area (Å²) in [5, 5.41) is 10.4. The van der Waals surface area contributed by atoms with Gasteiger partial charge in [-0.1, -0.05) is 0 Å². The first kappa shape index (κ1) is 10.6. The Kier molecular flexibility index (Phi) is 2.98. The van der Waals surface area contributed by atoms with Crippen LogP contribution in [0, 0.1) is 0 Å². The number of hydrogen-bond acceptors (Lipinski definition) is 3. The molecule has 1 aromatic heterocycles. The van der Waals surface area contributed by atoms with Gasteiger partial charge >= 0.3 is 0 Å². The van der Waals surface area contributed by atoms with E-state index in [1.165, 1.54) is 0 Å². The molecule has 1 saturated heterocycles. The molecule has 0 amide bonds. The molecule has 2 nitrogen and oxygen atoms in total. The van der Waals surface area contributed by atoms with E-state index in [0.717, 1.165) is 8.66 Å². The van der Waals surface area contributed by atoms with E-state index in [1.54, 1.807) is 11.3 Å². The van der Waals surface area contributed by atoms with E-state index < -0.39 is 5.60 Å². The van der Waals surface area contributed by atoms with E-state index in [-0.39, 0.29) is 6.10 Å². The van der Waals surface area contributed by atoms with Crippen LogP contribution in [-0.2, 0) is 10.3 Å². The summed E-state index contributed by atoms with van der Waals surface area (Å²) < 4.78 is 6.50. The summed E-state index contributed by atoms with van der Waals surface area (Å²) in [5.74, 6) is 0. The molecule has 1 N–H and O–H groups in total. The van der Waals surface area contributed by atoms with Crippen LogP contribution in [0.15, 0.2) is 15.9 Å². The van der Waals surface area contributed by atoms with Crippen LogP contribution < -0.4 is 0 Å². The van der Waals surface area contributed by atoms with Crippen molar-refractivity contribution < 1.29 is 9.84 Å². The maximum absolute atomic E-state index is 10.4. The van der Waals surface area contributed by atoms with Crippen LogP contribution in [0.3, 0.4) is 0 Å². The first-order valence-electron chi connectivity index (χ1n) is 4.70. The van der Waals surface area contributed by atoms with Crippen LogP contribution in [0.25, 0.3) is 0 Å². The summed E-state index contributed by atoms with van der Waals surface area (Å²) in [6.07, 6.45) is 1.54. The third-order valence-corrected chi connectivity index (χ3v) is 4.39. The third kappa shape index (κ3) is 2.03. The zero-order chi connectivity index (χ0) is 10.2. The molecule has 0 spiro atoms. The Morgan fingerprint density at radius 1 is 1.64 bits per heavy atom. The maximum atomic E-state index is 10.4. The SMILES string of the molecule is CC1CC(O)(c2ccc(Br)s2)CCO1. The lowest BCUT2D eigenvalue weighted by molar-refractivity contribution is -0.0994. The van der Waals surface area contributed by atoms with Gasteiger partial charge in [-0.15, -0.1) is 11.3 Å². The van der Waals surface area contributed by atoms with E-state index in [4.69, 9.17) is 4.74 Å². The minimum Gasteiger partial charge on any atom is -0.384 e. The molecule has 1 aliphatic rings. The Hall–Kier alpha value is 0.1000. The first-order chi connectivity index (χ1) is 6.60. The minimum absolute atomic E-state index is 0.148. The van der Waals surface area contributed by atoms with Gasteiger partial charge in [-0.2, -0.15) is 0 Å². The minimum atomic E-state index is -0.672. The fourth-order valence-electron chi connectivity index (χ4n) is 1.85. The van der Waals surface area contributed by atoms with Gasteiger partial charge in [0.1, 0.15) is 5.60 Å². The molecule has 78 valence electrons. The Labute approximate surface area is 96.0 Å². The molecular weight excluding hydrogens is 264 g/mol. The predicted octanol–water partition coefficient (Wildman–Crippen LogP) is 2.90. The number of halogens is 1. The Morgan fingerprint density at radius 2 is 2.43 bits per heavy atom. The number of rotatable bonds is 1. The van der Waals surface area contributed by atoms with E-state index >= 15 is 0 Å². The fraction of sp³-hybridized carbons (Fsp3) is 0.600. The van der Waals surface area contributed by atoms with Gasteiger partial charge in [0, 0.05) is 17.7 Å². The summed E-state index contributed by atoms with van der Waals surface area (Å²) >= 11 is 5.02. The van der Waals surface area contributed by atoms with Crippen LogP contribution in [0.1, 0.15) is 24.6 Å². The lowest BCUT2D eigenvalue weighted by Crippen LogP contribution is -2.36. The van der Waals surface area contributed by atoms with E-state index in [0.29, 0.717) is 19.4 Å². The molecule has 0 bridgehead atoms. The summed E-state index contributed by atoms with van der Waals surface area (Å²) in [4.78, 5) is 1.04. The lowest BCUT2D eigenvalue weighted by atomic mass is 9.89. The second-order valence-corrected chi connectivity index (χ2v) is 6.23. The van der Waals surface area contributed by atoms with Crippen molar-refractivity contribution >= 4 is 27.3 Å². The molecule has 1 fully saturated rings. The molecule has 0 radical (unpaired) electrons. The van der Waals surface area contributed by atoms with E-state index in [2.05, 4.69) is 15.9 Å². The summed E-state index contributed by atoms with van der Waals surface area (Å²) in [7, 11) is 0.